The number of ketones is 1. The molecule has 0 radical (unpaired) electrons. The minimum absolute atomic E-state index is 0.209. The number of fused-ring (bicyclic) bond motifs is 1. The number of hydrogen-bond acceptors (Lipinski definition) is 6. The average molecular weight is 455 g/mol. The zero-order valence-electron chi connectivity index (χ0n) is 18.4. The Hall–Kier alpha value is -3.00. The summed E-state index contributed by atoms with van der Waals surface area (Å²) in [5, 5.41) is 0. The maximum atomic E-state index is 12.8. The van der Waals surface area contributed by atoms with Crippen molar-refractivity contribution in [3.63, 3.8) is 0 Å². The summed E-state index contributed by atoms with van der Waals surface area (Å²) in [5.41, 5.74) is 2.99. The van der Waals surface area contributed by atoms with E-state index in [4.69, 9.17) is 4.74 Å². The van der Waals surface area contributed by atoms with Crippen LogP contribution in [0.15, 0.2) is 51.8 Å². The van der Waals surface area contributed by atoms with Crippen LogP contribution in [0.5, 0.6) is 0 Å². The Balaban J connectivity index is 1.38. The van der Waals surface area contributed by atoms with E-state index in [2.05, 4.69) is 4.40 Å². The summed E-state index contributed by atoms with van der Waals surface area (Å²) in [6.07, 6.45) is 0.145. The van der Waals surface area contributed by atoms with E-state index in [1.807, 2.05) is 36.9 Å². The summed E-state index contributed by atoms with van der Waals surface area (Å²) in [6.45, 7) is 6.36. The summed E-state index contributed by atoms with van der Waals surface area (Å²) in [5.74, 6) is -0.504. The third-order valence-corrected chi connectivity index (χ3v) is 7.39. The van der Waals surface area contributed by atoms with Gasteiger partial charge >= 0.3 is 5.97 Å². The topological polar surface area (TPSA) is 93.1 Å². The molecule has 2 aliphatic rings. The SMILES string of the molecule is Cc1ccc(C)c(C(=O)[C@H](C)OC(=O)C2CCN(C3=NS(=O)(=O)c4ccccc43)CC2)c1. The molecule has 7 nitrogen and oxygen atoms in total. The minimum atomic E-state index is -3.68. The number of nitrogens with zero attached hydrogens (tertiary/aromatic N) is 2. The summed E-state index contributed by atoms with van der Waals surface area (Å²) < 4.78 is 34.1. The Bertz CT molecular complexity index is 1210. The van der Waals surface area contributed by atoms with Crippen molar-refractivity contribution in [2.24, 2.45) is 10.3 Å². The first-order valence-corrected chi connectivity index (χ1v) is 12.1. The van der Waals surface area contributed by atoms with Gasteiger partial charge in [-0.2, -0.15) is 8.42 Å². The quantitative estimate of drug-likeness (QED) is 0.520. The van der Waals surface area contributed by atoms with Crippen molar-refractivity contribution >= 4 is 27.6 Å². The monoisotopic (exact) mass is 454 g/mol. The van der Waals surface area contributed by atoms with E-state index in [1.54, 1.807) is 31.2 Å². The van der Waals surface area contributed by atoms with Crippen molar-refractivity contribution in [1.29, 1.82) is 0 Å². The molecule has 2 aromatic rings. The Kier molecular flexibility index (Phi) is 5.90. The largest absolute Gasteiger partial charge is 0.454 e. The van der Waals surface area contributed by atoms with Gasteiger partial charge in [-0.15, -0.1) is 4.40 Å². The van der Waals surface area contributed by atoms with Crippen molar-refractivity contribution < 1.29 is 22.7 Å². The lowest BCUT2D eigenvalue weighted by atomic mass is 9.96. The van der Waals surface area contributed by atoms with Gasteiger partial charge in [0.2, 0.25) is 5.78 Å². The fourth-order valence-electron chi connectivity index (χ4n) is 4.19. The Morgan fingerprint density at radius 2 is 1.78 bits per heavy atom. The molecule has 0 N–H and O–H groups in total. The van der Waals surface area contributed by atoms with Gasteiger partial charge < -0.3 is 9.64 Å². The molecule has 0 aromatic heterocycles. The summed E-state index contributed by atoms with van der Waals surface area (Å²) in [6, 6.07) is 12.4. The molecule has 0 aliphatic carbocycles. The summed E-state index contributed by atoms with van der Waals surface area (Å²) in [7, 11) is -3.68. The van der Waals surface area contributed by atoms with Crippen LogP contribution < -0.4 is 0 Å². The number of benzene rings is 2. The number of rotatable bonds is 4. The zero-order valence-corrected chi connectivity index (χ0v) is 19.2. The molecule has 8 heteroatoms. The second-order valence-electron chi connectivity index (χ2n) is 8.41. The van der Waals surface area contributed by atoms with Crippen LogP contribution in [-0.4, -0.2) is 50.1 Å². The highest BCUT2D eigenvalue weighted by molar-refractivity contribution is 7.90. The molecule has 0 spiro atoms. The number of hydrogen-bond donors (Lipinski definition) is 0. The second kappa shape index (κ2) is 8.50. The number of esters is 1. The normalized spacial score (nSPS) is 18.6. The molecular weight excluding hydrogens is 428 g/mol. The molecular formula is C24H26N2O5S. The van der Waals surface area contributed by atoms with Crippen LogP contribution in [0.25, 0.3) is 0 Å². The molecule has 0 unspecified atom stereocenters. The molecule has 4 rings (SSSR count). The predicted molar refractivity (Wildman–Crippen MR) is 120 cm³/mol. The van der Waals surface area contributed by atoms with Crippen LogP contribution in [0, 0.1) is 19.8 Å². The summed E-state index contributed by atoms with van der Waals surface area (Å²) in [4.78, 5) is 27.6. The van der Waals surface area contributed by atoms with Gasteiger partial charge in [-0.3, -0.25) is 9.59 Å². The van der Waals surface area contributed by atoms with Gasteiger partial charge in [0.05, 0.1) is 5.92 Å². The average Bonchev–Trinajstić information content (AvgIpc) is 3.06. The van der Waals surface area contributed by atoms with Crippen molar-refractivity contribution in [2.45, 2.75) is 44.6 Å². The first-order chi connectivity index (χ1) is 15.2. The van der Waals surface area contributed by atoms with E-state index >= 15 is 0 Å². The van der Waals surface area contributed by atoms with Gasteiger partial charge in [-0.1, -0.05) is 29.8 Å². The first-order valence-electron chi connectivity index (χ1n) is 10.7. The van der Waals surface area contributed by atoms with Gasteiger partial charge in [0.15, 0.2) is 11.9 Å². The molecule has 168 valence electrons. The van der Waals surface area contributed by atoms with Crippen LogP contribution in [0.1, 0.15) is 46.8 Å². The predicted octanol–water partition coefficient (Wildman–Crippen LogP) is 3.28. The third kappa shape index (κ3) is 4.19. The number of likely N-dealkylation sites (tertiary alicyclic amines) is 1. The van der Waals surface area contributed by atoms with Crippen LogP contribution >= 0.6 is 0 Å². The highest BCUT2D eigenvalue weighted by Gasteiger charge is 2.35. The van der Waals surface area contributed by atoms with Crippen LogP contribution in [0.4, 0.5) is 0 Å². The van der Waals surface area contributed by atoms with Gasteiger partial charge in [0.1, 0.15) is 4.90 Å². The number of amidine groups is 1. The molecule has 2 aliphatic heterocycles. The van der Waals surface area contributed by atoms with E-state index in [-0.39, 0.29) is 16.6 Å². The standard InChI is InChI=1S/C24H26N2O5S/c1-15-8-9-16(2)20(14-15)22(27)17(3)31-24(28)18-10-12-26(13-11-18)23-19-6-4-5-7-21(19)32(29,30)25-23/h4-9,14,17-18H,10-13H2,1-3H3/t17-/m0/s1. The first kappa shape index (κ1) is 22.2. The fourth-order valence-corrected chi connectivity index (χ4v) is 5.42. The molecule has 1 atom stereocenters. The Morgan fingerprint density at radius 1 is 1.09 bits per heavy atom. The highest BCUT2D eigenvalue weighted by Crippen LogP contribution is 2.30. The van der Waals surface area contributed by atoms with Crippen LogP contribution in [0.3, 0.4) is 0 Å². The number of aryl methyl sites for hydroxylation is 2. The smallest absolute Gasteiger partial charge is 0.309 e. The van der Waals surface area contributed by atoms with Gasteiger partial charge in [0, 0.05) is 24.2 Å². The number of sulfonamides is 1. The molecule has 32 heavy (non-hydrogen) atoms. The van der Waals surface area contributed by atoms with Gasteiger partial charge in [-0.05, 0) is 57.4 Å². The van der Waals surface area contributed by atoms with Gasteiger partial charge in [0.25, 0.3) is 10.0 Å². The number of piperidine rings is 1. The van der Waals surface area contributed by atoms with Crippen LogP contribution in [-0.2, 0) is 19.6 Å². The van der Waals surface area contributed by atoms with Crippen molar-refractivity contribution in [1.82, 2.24) is 4.90 Å². The lowest BCUT2D eigenvalue weighted by Gasteiger charge is -2.32. The molecule has 0 bridgehead atoms. The van der Waals surface area contributed by atoms with E-state index in [9.17, 15) is 18.0 Å². The molecule has 0 amide bonds. The fraction of sp³-hybridized carbons (Fsp3) is 0.375. The van der Waals surface area contributed by atoms with Crippen molar-refractivity contribution in [3.05, 3.63) is 64.7 Å². The maximum absolute atomic E-state index is 12.8. The summed E-state index contributed by atoms with van der Waals surface area (Å²) >= 11 is 0. The molecule has 0 saturated carbocycles. The number of carbonyl (C=O) groups is 2. The third-order valence-electron chi connectivity index (χ3n) is 6.06. The number of Topliss-reactive ketones (excluding diaryl/α,β-unsaturated/α-hetero) is 1. The number of ether oxygens (including phenoxy) is 1. The zero-order chi connectivity index (χ0) is 23.0. The molecule has 2 heterocycles. The molecule has 2 aromatic carbocycles. The number of carbonyl (C=O) groups excluding carboxylic acids is 2. The lowest BCUT2D eigenvalue weighted by molar-refractivity contribution is -0.152. The minimum Gasteiger partial charge on any atom is -0.454 e. The lowest BCUT2D eigenvalue weighted by Crippen LogP contribution is -2.41. The molecule has 1 fully saturated rings. The van der Waals surface area contributed by atoms with E-state index in [0.29, 0.717) is 42.9 Å². The second-order valence-corrected chi connectivity index (χ2v) is 9.98. The molecule has 1 saturated heterocycles. The highest BCUT2D eigenvalue weighted by atomic mass is 32.2. The van der Waals surface area contributed by atoms with E-state index in [0.717, 1.165) is 11.1 Å². The van der Waals surface area contributed by atoms with Crippen molar-refractivity contribution in [2.75, 3.05) is 13.1 Å². The van der Waals surface area contributed by atoms with E-state index in [1.165, 1.54) is 0 Å². The van der Waals surface area contributed by atoms with Crippen LogP contribution in [0.2, 0.25) is 0 Å². The van der Waals surface area contributed by atoms with E-state index < -0.39 is 22.1 Å². The maximum Gasteiger partial charge on any atom is 0.309 e. The Labute approximate surface area is 188 Å². The van der Waals surface area contributed by atoms with Crippen molar-refractivity contribution in [3.8, 4) is 0 Å². The Morgan fingerprint density at radius 3 is 2.50 bits per heavy atom. The van der Waals surface area contributed by atoms with Gasteiger partial charge in [-0.25, -0.2) is 0 Å².